The molecule has 0 spiro atoms. The van der Waals surface area contributed by atoms with Crippen LogP contribution in [0.1, 0.15) is 48.3 Å². The van der Waals surface area contributed by atoms with Crippen molar-refractivity contribution >= 4 is 29.4 Å². The number of carbonyl (C=O) groups excluding carboxylic acids is 3. The summed E-state index contributed by atoms with van der Waals surface area (Å²) in [5, 5.41) is 15.3. The van der Waals surface area contributed by atoms with Crippen molar-refractivity contribution in [2.45, 2.75) is 57.7 Å². The number of nitrogens with zero attached hydrogens (tertiary/aromatic N) is 2. The van der Waals surface area contributed by atoms with Gasteiger partial charge in [-0.3, -0.25) is 24.3 Å². The standard InChI is InChI=1S/C25H28N4O5/c1-3-14(2)20(28-22(30)17-9-4-5-12-26-17)23(31)27-18-11-10-15-7-6-8-16-13-19(25(33)34)29(21(15)16)24(18)32/h4-9,12,14,18-20H,3,10-11,13H2,1-2H3,(H,27,31)(H,28,30)(H,33,34)/t14-,18-,19-,20-/m0/s1. The van der Waals surface area contributed by atoms with Crippen molar-refractivity contribution in [3.63, 3.8) is 0 Å². The zero-order valence-electron chi connectivity index (χ0n) is 19.2. The van der Waals surface area contributed by atoms with E-state index in [1.165, 1.54) is 11.1 Å². The first-order chi connectivity index (χ1) is 16.3. The van der Waals surface area contributed by atoms with Crippen molar-refractivity contribution in [3.8, 4) is 0 Å². The number of aromatic nitrogens is 1. The van der Waals surface area contributed by atoms with Gasteiger partial charge in [-0.15, -0.1) is 0 Å². The zero-order valence-corrected chi connectivity index (χ0v) is 19.2. The number of rotatable bonds is 7. The Morgan fingerprint density at radius 1 is 1.18 bits per heavy atom. The van der Waals surface area contributed by atoms with Gasteiger partial charge in [-0.05, 0) is 42.0 Å². The number of carboxylic acids is 1. The number of pyridine rings is 1. The number of carboxylic acid groups (broad SMARTS) is 1. The van der Waals surface area contributed by atoms with Gasteiger partial charge >= 0.3 is 5.97 Å². The predicted molar refractivity (Wildman–Crippen MR) is 124 cm³/mol. The summed E-state index contributed by atoms with van der Waals surface area (Å²) in [6, 6.07) is 7.76. The Labute approximate surface area is 197 Å². The number of aliphatic carboxylic acids is 1. The number of amides is 3. The molecular weight excluding hydrogens is 436 g/mol. The SMILES string of the molecule is CC[C@H](C)[C@H](NC(=O)c1ccccn1)C(=O)N[C@H]1CCc2cccc3c2N(C1=O)[C@H](C(=O)O)C3. The minimum atomic E-state index is -1.08. The Hall–Kier alpha value is -3.75. The number of benzene rings is 1. The number of nitrogens with one attached hydrogen (secondary N) is 2. The summed E-state index contributed by atoms with van der Waals surface area (Å²) in [6.45, 7) is 3.76. The van der Waals surface area contributed by atoms with Crippen LogP contribution in [0.15, 0.2) is 42.6 Å². The highest BCUT2D eigenvalue weighted by Gasteiger charge is 2.44. The number of hydrogen-bond donors (Lipinski definition) is 3. The average Bonchev–Trinajstić information content (AvgIpc) is 3.19. The van der Waals surface area contributed by atoms with Crippen LogP contribution in [0.4, 0.5) is 5.69 Å². The van der Waals surface area contributed by atoms with Gasteiger partial charge in [0, 0.05) is 12.6 Å². The molecule has 0 unspecified atom stereocenters. The summed E-state index contributed by atoms with van der Waals surface area (Å²) in [5.41, 5.74) is 2.57. The largest absolute Gasteiger partial charge is 0.480 e. The number of para-hydroxylation sites is 1. The Bertz CT molecular complexity index is 1120. The highest BCUT2D eigenvalue weighted by atomic mass is 16.4. The molecule has 9 heteroatoms. The second-order valence-electron chi connectivity index (χ2n) is 8.84. The van der Waals surface area contributed by atoms with Gasteiger partial charge in [0.15, 0.2) is 0 Å². The first kappa shape index (κ1) is 23.4. The molecule has 0 saturated heterocycles. The van der Waals surface area contributed by atoms with E-state index in [2.05, 4.69) is 15.6 Å². The number of hydrogen-bond acceptors (Lipinski definition) is 5. The smallest absolute Gasteiger partial charge is 0.327 e. The maximum absolute atomic E-state index is 13.5. The third-order valence-electron chi connectivity index (χ3n) is 6.69. The molecule has 0 aliphatic carbocycles. The molecule has 0 radical (unpaired) electrons. The van der Waals surface area contributed by atoms with E-state index in [1.807, 2.05) is 32.0 Å². The fraction of sp³-hybridized carbons (Fsp3) is 0.400. The van der Waals surface area contributed by atoms with E-state index in [0.717, 1.165) is 11.1 Å². The molecule has 2 aliphatic heterocycles. The summed E-state index contributed by atoms with van der Waals surface area (Å²) in [5.74, 6) is -2.67. The first-order valence-electron chi connectivity index (χ1n) is 11.5. The third-order valence-corrected chi connectivity index (χ3v) is 6.69. The zero-order chi connectivity index (χ0) is 24.4. The predicted octanol–water partition coefficient (Wildman–Crippen LogP) is 1.70. The number of aryl methyl sites for hydroxylation is 1. The van der Waals surface area contributed by atoms with Crippen LogP contribution in [-0.2, 0) is 27.2 Å². The molecule has 1 aromatic heterocycles. The van der Waals surface area contributed by atoms with E-state index in [9.17, 15) is 24.3 Å². The van der Waals surface area contributed by atoms with Gasteiger partial charge in [0.05, 0.1) is 5.69 Å². The van der Waals surface area contributed by atoms with E-state index < -0.39 is 41.8 Å². The van der Waals surface area contributed by atoms with Crippen molar-refractivity contribution in [3.05, 3.63) is 59.4 Å². The molecule has 0 fully saturated rings. The van der Waals surface area contributed by atoms with E-state index in [0.29, 0.717) is 24.9 Å². The molecule has 3 N–H and O–H groups in total. The molecular formula is C25H28N4O5. The summed E-state index contributed by atoms with van der Waals surface area (Å²) in [4.78, 5) is 56.7. The van der Waals surface area contributed by atoms with Crippen LogP contribution in [0.3, 0.4) is 0 Å². The van der Waals surface area contributed by atoms with Gasteiger partial charge < -0.3 is 15.7 Å². The molecule has 4 atom stereocenters. The van der Waals surface area contributed by atoms with Crippen LogP contribution < -0.4 is 15.5 Å². The molecule has 2 aliphatic rings. The molecule has 34 heavy (non-hydrogen) atoms. The monoisotopic (exact) mass is 464 g/mol. The Morgan fingerprint density at radius 2 is 1.94 bits per heavy atom. The summed E-state index contributed by atoms with van der Waals surface area (Å²) < 4.78 is 0. The average molecular weight is 465 g/mol. The molecule has 1 aromatic carbocycles. The number of anilines is 1. The van der Waals surface area contributed by atoms with Crippen LogP contribution >= 0.6 is 0 Å². The lowest BCUT2D eigenvalue weighted by molar-refractivity contribution is -0.140. The van der Waals surface area contributed by atoms with Crippen molar-refractivity contribution in [2.75, 3.05) is 4.90 Å². The molecule has 0 bridgehead atoms. The molecule has 0 saturated carbocycles. The van der Waals surface area contributed by atoms with E-state index in [-0.39, 0.29) is 18.0 Å². The summed E-state index contributed by atoms with van der Waals surface area (Å²) in [6.07, 6.45) is 3.22. The Balaban J connectivity index is 1.56. The van der Waals surface area contributed by atoms with Crippen LogP contribution in [0.2, 0.25) is 0 Å². The fourth-order valence-corrected chi connectivity index (χ4v) is 4.64. The highest BCUT2D eigenvalue weighted by Crippen LogP contribution is 2.39. The molecule has 9 nitrogen and oxygen atoms in total. The number of carbonyl (C=O) groups is 4. The van der Waals surface area contributed by atoms with Crippen molar-refractivity contribution in [1.82, 2.24) is 15.6 Å². The Kier molecular flexibility index (Phi) is 6.63. The lowest BCUT2D eigenvalue weighted by atomic mass is 9.97. The summed E-state index contributed by atoms with van der Waals surface area (Å²) >= 11 is 0. The molecule has 3 heterocycles. The van der Waals surface area contributed by atoms with Gasteiger partial charge in [-0.25, -0.2) is 4.79 Å². The van der Waals surface area contributed by atoms with Crippen LogP contribution in [-0.4, -0.2) is 51.9 Å². The normalized spacial score (nSPS) is 20.6. The maximum atomic E-state index is 13.5. The minimum absolute atomic E-state index is 0.193. The van der Waals surface area contributed by atoms with Gasteiger partial charge in [0.25, 0.3) is 5.91 Å². The highest BCUT2D eigenvalue weighted by molar-refractivity contribution is 6.07. The van der Waals surface area contributed by atoms with Gasteiger partial charge in [0.2, 0.25) is 11.8 Å². The molecule has 178 valence electrons. The maximum Gasteiger partial charge on any atom is 0.327 e. The van der Waals surface area contributed by atoms with Gasteiger partial charge in [-0.1, -0.05) is 44.5 Å². The molecule has 4 rings (SSSR count). The van der Waals surface area contributed by atoms with Crippen LogP contribution in [0.25, 0.3) is 0 Å². The molecule has 2 aromatic rings. The third kappa shape index (κ3) is 4.37. The second-order valence-corrected chi connectivity index (χ2v) is 8.84. The van der Waals surface area contributed by atoms with Crippen LogP contribution in [0, 0.1) is 5.92 Å². The van der Waals surface area contributed by atoms with E-state index in [4.69, 9.17) is 0 Å². The van der Waals surface area contributed by atoms with Gasteiger partial charge in [0.1, 0.15) is 23.8 Å². The topological polar surface area (TPSA) is 129 Å². The van der Waals surface area contributed by atoms with Crippen molar-refractivity contribution in [2.24, 2.45) is 5.92 Å². The Morgan fingerprint density at radius 3 is 2.62 bits per heavy atom. The van der Waals surface area contributed by atoms with E-state index in [1.54, 1.807) is 18.2 Å². The minimum Gasteiger partial charge on any atom is -0.480 e. The lowest BCUT2D eigenvalue weighted by Gasteiger charge is -2.29. The second kappa shape index (κ2) is 9.62. The van der Waals surface area contributed by atoms with Crippen molar-refractivity contribution in [1.29, 1.82) is 0 Å². The first-order valence-corrected chi connectivity index (χ1v) is 11.5. The molecule has 3 amide bonds. The quantitative estimate of drug-likeness (QED) is 0.572. The van der Waals surface area contributed by atoms with Crippen LogP contribution in [0.5, 0.6) is 0 Å². The lowest BCUT2D eigenvalue weighted by Crippen LogP contribution is -2.57. The summed E-state index contributed by atoms with van der Waals surface area (Å²) in [7, 11) is 0. The van der Waals surface area contributed by atoms with Gasteiger partial charge in [-0.2, -0.15) is 0 Å². The van der Waals surface area contributed by atoms with E-state index >= 15 is 0 Å². The fourth-order valence-electron chi connectivity index (χ4n) is 4.64. The van der Waals surface area contributed by atoms with Crippen molar-refractivity contribution < 1.29 is 24.3 Å².